The summed E-state index contributed by atoms with van der Waals surface area (Å²) in [5.41, 5.74) is -0.553. The van der Waals surface area contributed by atoms with E-state index in [0.29, 0.717) is 18.9 Å². The van der Waals surface area contributed by atoms with Crippen LogP contribution >= 0.6 is 0 Å². The van der Waals surface area contributed by atoms with Crippen molar-refractivity contribution in [3.63, 3.8) is 0 Å². The highest BCUT2D eigenvalue weighted by molar-refractivity contribution is 5.68. The Hall–Kier alpha value is -1.66. The van der Waals surface area contributed by atoms with Crippen LogP contribution in [0.4, 0.5) is 9.18 Å². The summed E-state index contributed by atoms with van der Waals surface area (Å²) in [7, 11) is 0. The molecule has 2 N–H and O–H groups in total. The van der Waals surface area contributed by atoms with Gasteiger partial charge in [0.1, 0.15) is 11.4 Å². The maximum absolute atomic E-state index is 13.1. The molecule has 1 aliphatic heterocycles. The molecule has 0 spiro atoms. The predicted octanol–water partition coefficient (Wildman–Crippen LogP) is 4.58. The molecule has 164 valence electrons. The molecular weight excluding hydrogens is 371 g/mol. The number of benzene rings is 1. The zero-order chi connectivity index (χ0) is 21.7. The van der Waals surface area contributed by atoms with Crippen LogP contribution in [0.1, 0.15) is 72.3 Å². The maximum Gasteiger partial charge on any atom is 0.407 e. The smallest absolute Gasteiger partial charge is 0.407 e. The van der Waals surface area contributed by atoms with Crippen LogP contribution < -0.4 is 5.32 Å². The number of hydrogen-bond donors (Lipinski definition) is 2. The fraction of sp³-hybridized carbons (Fsp3) is 0.696. The highest BCUT2D eigenvalue weighted by atomic mass is 19.1. The fourth-order valence-corrected chi connectivity index (χ4v) is 4.21. The molecule has 5 nitrogen and oxygen atoms in total. The van der Waals surface area contributed by atoms with Gasteiger partial charge in [0.2, 0.25) is 0 Å². The lowest BCUT2D eigenvalue weighted by Gasteiger charge is -2.40. The van der Waals surface area contributed by atoms with Crippen LogP contribution in [0.15, 0.2) is 24.3 Å². The molecule has 1 unspecified atom stereocenters. The monoisotopic (exact) mass is 408 g/mol. The number of carbonyl (C=O) groups is 1. The Morgan fingerprint density at radius 3 is 2.31 bits per heavy atom. The van der Waals surface area contributed by atoms with Gasteiger partial charge in [-0.15, -0.1) is 0 Å². The Kier molecular flexibility index (Phi) is 8.06. The first kappa shape index (κ1) is 23.6. The number of carbonyl (C=O) groups excluding carboxylic acids is 1. The van der Waals surface area contributed by atoms with Gasteiger partial charge < -0.3 is 15.2 Å². The van der Waals surface area contributed by atoms with Crippen molar-refractivity contribution in [2.75, 3.05) is 13.1 Å². The molecule has 1 saturated heterocycles. The van der Waals surface area contributed by atoms with Crippen molar-refractivity contribution in [1.29, 1.82) is 0 Å². The molecule has 1 heterocycles. The van der Waals surface area contributed by atoms with Crippen LogP contribution in [-0.2, 0) is 10.3 Å². The second-order valence-corrected chi connectivity index (χ2v) is 8.90. The van der Waals surface area contributed by atoms with Crippen molar-refractivity contribution in [3.8, 4) is 0 Å². The molecule has 1 aliphatic carbocycles. The normalized spacial score (nSPS) is 27.7. The Balaban J connectivity index is 0.00000145. The maximum atomic E-state index is 13.1. The van der Waals surface area contributed by atoms with E-state index in [1.165, 1.54) is 12.1 Å². The van der Waals surface area contributed by atoms with E-state index < -0.39 is 11.2 Å². The Labute approximate surface area is 174 Å². The molecule has 0 bridgehead atoms. The molecule has 3 rings (SSSR count). The van der Waals surface area contributed by atoms with Gasteiger partial charge >= 0.3 is 6.09 Å². The summed E-state index contributed by atoms with van der Waals surface area (Å²) >= 11 is 0. The zero-order valence-corrected chi connectivity index (χ0v) is 18.5. The van der Waals surface area contributed by atoms with Gasteiger partial charge in [-0.3, -0.25) is 4.90 Å². The number of ether oxygens (including phenoxy) is 1. The summed E-state index contributed by atoms with van der Waals surface area (Å²) in [4.78, 5) is 14.4. The minimum absolute atomic E-state index is 0.109. The lowest BCUT2D eigenvalue weighted by atomic mass is 9.77. The third kappa shape index (κ3) is 6.68. The molecule has 1 atom stereocenters. The van der Waals surface area contributed by atoms with Crippen LogP contribution in [-0.4, -0.2) is 46.9 Å². The molecule has 2 aliphatic rings. The molecule has 1 aromatic rings. The van der Waals surface area contributed by atoms with E-state index >= 15 is 0 Å². The molecular formula is C23H37FN2O3. The van der Waals surface area contributed by atoms with E-state index in [2.05, 4.69) is 10.2 Å². The van der Waals surface area contributed by atoms with Crippen LogP contribution in [0.5, 0.6) is 0 Å². The summed E-state index contributed by atoms with van der Waals surface area (Å²) in [6.45, 7) is 11.3. The quantitative estimate of drug-likeness (QED) is 0.768. The molecule has 6 heteroatoms. The molecule has 0 aromatic heterocycles. The van der Waals surface area contributed by atoms with E-state index in [0.717, 1.165) is 37.9 Å². The van der Waals surface area contributed by atoms with E-state index in [-0.39, 0.29) is 18.0 Å². The summed E-state index contributed by atoms with van der Waals surface area (Å²) in [5.74, 6) is -0.281. The highest BCUT2D eigenvalue weighted by Gasteiger charge is 2.38. The van der Waals surface area contributed by atoms with E-state index in [9.17, 15) is 14.3 Å². The second kappa shape index (κ2) is 9.90. The van der Waals surface area contributed by atoms with Crippen molar-refractivity contribution >= 4 is 6.09 Å². The van der Waals surface area contributed by atoms with Crippen LogP contribution in [0.3, 0.4) is 0 Å². The molecule has 0 radical (unpaired) electrons. The SMILES string of the molecule is CC.CC(C)(C)OC(=O)NC1CCN(C2CCC(O)(c3ccc(F)cc3)CC2)C1. The van der Waals surface area contributed by atoms with Gasteiger partial charge in [0, 0.05) is 25.2 Å². The van der Waals surface area contributed by atoms with E-state index in [1.807, 2.05) is 34.6 Å². The van der Waals surface area contributed by atoms with Gasteiger partial charge in [-0.05, 0) is 70.6 Å². The minimum Gasteiger partial charge on any atom is -0.444 e. The zero-order valence-electron chi connectivity index (χ0n) is 18.5. The number of likely N-dealkylation sites (tertiary alicyclic amines) is 1. The molecule has 2 fully saturated rings. The van der Waals surface area contributed by atoms with Gasteiger partial charge in [-0.2, -0.15) is 0 Å². The standard InChI is InChI=1S/C21H31FN2O3.C2H6/c1-20(2,3)27-19(25)23-17-10-13-24(14-17)18-8-11-21(26,12-9-18)15-4-6-16(22)7-5-15;1-2/h4-7,17-18,26H,8-14H2,1-3H3,(H,23,25);1-2H3. The average Bonchev–Trinajstić information content (AvgIpc) is 3.11. The van der Waals surface area contributed by atoms with Crippen molar-refractivity contribution in [3.05, 3.63) is 35.6 Å². The van der Waals surface area contributed by atoms with Crippen molar-refractivity contribution in [2.45, 2.75) is 90.0 Å². The number of amides is 1. The number of alkyl carbamates (subject to hydrolysis) is 1. The number of hydrogen-bond acceptors (Lipinski definition) is 4. The Bertz CT molecular complexity index is 649. The number of aliphatic hydroxyl groups is 1. The number of nitrogens with zero attached hydrogens (tertiary/aromatic N) is 1. The van der Waals surface area contributed by atoms with Crippen molar-refractivity contribution in [2.24, 2.45) is 0 Å². The van der Waals surface area contributed by atoms with Crippen LogP contribution in [0.2, 0.25) is 0 Å². The fourth-order valence-electron chi connectivity index (χ4n) is 4.21. The molecule has 29 heavy (non-hydrogen) atoms. The Morgan fingerprint density at radius 1 is 1.17 bits per heavy atom. The summed E-state index contributed by atoms with van der Waals surface area (Å²) in [5, 5.41) is 13.9. The van der Waals surface area contributed by atoms with Crippen molar-refractivity contribution < 1.29 is 19.0 Å². The van der Waals surface area contributed by atoms with Gasteiger partial charge in [0.15, 0.2) is 0 Å². The van der Waals surface area contributed by atoms with Crippen molar-refractivity contribution in [1.82, 2.24) is 10.2 Å². The largest absolute Gasteiger partial charge is 0.444 e. The van der Waals surface area contributed by atoms with E-state index in [1.54, 1.807) is 12.1 Å². The Morgan fingerprint density at radius 2 is 1.76 bits per heavy atom. The topological polar surface area (TPSA) is 61.8 Å². The van der Waals surface area contributed by atoms with Gasteiger partial charge in [-0.1, -0.05) is 26.0 Å². The lowest BCUT2D eigenvalue weighted by molar-refractivity contribution is -0.0224. The third-order valence-corrected chi connectivity index (χ3v) is 5.62. The van der Waals surface area contributed by atoms with Gasteiger partial charge in [-0.25, -0.2) is 9.18 Å². The highest BCUT2D eigenvalue weighted by Crippen LogP contribution is 2.39. The molecule has 1 aromatic carbocycles. The lowest BCUT2D eigenvalue weighted by Crippen LogP contribution is -2.44. The van der Waals surface area contributed by atoms with Gasteiger partial charge in [0.05, 0.1) is 5.60 Å². The third-order valence-electron chi connectivity index (χ3n) is 5.62. The molecule has 1 amide bonds. The van der Waals surface area contributed by atoms with Crippen LogP contribution in [0.25, 0.3) is 0 Å². The molecule has 1 saturated carbocycles. The van der Waals surface area contributed by atoms with Gasteiger partial charge in [0.25, 0.3) is 0 Å². The minimum atomic E-state index is -0.863. The first-order chi connectivity index (χ1) is 13.6. The first-order valence-electron chi connectivity index (χ1n) is 10.9. The average molecular weight is 409 g/mol. The van der Waals surface area contributed by atoms with Crippen LogP contribution in [0, 0.1) is 5.82 Å². The first-order valence-corrected chi connectivity index (χ1v) is 10.9. The predicted molar refractivity (Wildman–Crippen MR) is 113 cm³/mol. The second-order valence-electron chi connectivity index (χ2n) is 8.90. The summed E-state index contributed by atoms with van der Waals surface area (Å²) in [6.07, 6.45) is 3.69. The summed E-state index contributed by atoms with van der Waals surface area (Å²) < 4.78 is 18.5. The van der Waals surface area contributed by atoms with E-state index in [4.69, 9.17) is 4.74 Å². The number of halogens is 1. The number of nitrogens with one attached hydrogen (secondary N) is 1. The number of rotatable bonds is 3. The summed E-state index contributed by atoms with van der Waals surface area (Å²) in [6, 6.07) is 6.71.